The number of nitrogens with one attached hydrogen (secondary N) is 2. The van der Waals surface area contributed by atoms with Gasteiger partial charge >= 0.3 is 0 Å². The van der Waals surface area contributed by atoms with Gasteiger partial charge in [-0.05, 0) is 23.3 Å². The van der Waals surface area contributed by atoms with Crippen LogP contribution in [0.5, 0.6) is 0 Å². The Labute approximate surface area is 177 Å². The number of hydrogen-bond acceptors (Lipinski definition) is 4. The van der Waals surface area contributed by atoms with Crippen LogP contribution in [0, 0.1) is 5.82 Å². The second-order valence-electron chi connectivity index (χ2n) is 6.56. The molecular formula is C23H19FN4OS. The van der Waals surface area contributed by atoms with Gasteiger partial charge in [0.1, 0.15) is 5.82 Å². The van der Waals surface area contributed by atoms with Gasteiger partial charge in [0.25, 0.3) is 0 Å². The smallest absolute Gasteiger partial charge is 0.231 e. The van der Waals surface area contributed by atoms with Gasteiger partial charge in [-0.2, -0.15) is 0 Å². The number of halogens is 1. The molecule has 0 saturated heterocycles. The van der Waals surface area contributed by atoms with Gasteiger partial charge in [0, 0.05) is 0 Å². The second kappa shape index (κ2) is 9.37. The third-order valence-corrected chi connectivity index (χ3v) is 5.34. The maximum Gasteiger partial charge on any atom is 0.231 e. The van der Waals surface area contributed by atoms with Crippen LogP contribution in [0.2, 0.25) is 0 Å². The molecule has 4 rings (SSSR count). The van der Waals surface area contributed by atoms with Crippen LogP contribution in [0.25, 0.3) is 11.4 Å². The molecule has 0 unspecified atom stereocenters. The lowest BCUT2D eigenvalue weighted by atomic mass is 9.99. The molecule has 0 radical (unpaired) electrons. The van der Waals surface area contributed by atoms with E-state index in [1.54, 1.807) is 18.2 Å². The van der Waals surface area contributed by atoms with Crippen molar-refractivity contribution in [1.82, 2.24) is 20.5 Å². The first-order valence-corrected chi connectivity index (χ1v) is 10.4. The lowest BCUT2D eigenvalue weighted by molar-refractivity contribution is -0.119. The fourth-order valence-corrected chi connectivity index (χ4v) is 3.68. The van der Waals surface area contributed by atoms with E-state index in [2.05, 4.69) is 20.5 Å². The van der Waals surface area contributed by atoms with Gasteiger partial charge in [0.15, 0.2) is 5.82 Å². The fraction of sp³-hybridized carbons (Fsp3) is 0.0870. The maximum absolute atomic E-state index is 13.9. The number of aromatic amines is 1. The molecule has 0 saturated carbocycles. The summed E-state index contributed by atoms with van der Waals surface area (Å²) in [6.45, 7) is 0. The molecule has 0 aliphatic rings. The van der Waals surface area contributed by atoms with E-state index < -0.39 is 0 Å². The van der Waals surface area contributed by atoms with Crippen molar-refractivity contribution < 1.29 is 9.18 Å². The summed E-state index contributed by atoms with van der Waals surface area (Å²) < 4.78 is 13.9. The average Bonchev–Trinajstić information content (AvgIpc) is 3.26. The topological polar surface area (TPSA) is 70.7 Å². The van der Waals surface area contributed by atoms with E-state index in [1.165, 1.54) is 17.8 Å². The van der Waals surface area contributed by atoms with Crippen LogP contribution in [0.15, 0.2) is 90.1 Å². The summed E-state index contributed by atoms with van der Waals surface area (Å²) in [5.41, 5.74) is 2.35. The molecule has 0 atom stereocenters. The summed E-state index contributed by atoms with van der Waals surface area (Å²) in [6, 6.07) is 25.7. The molecule has 30 heavy (non-hydrogen) atoms. The summed E-state index contributed by atoms with van der Waals surface area (Å²) >= 11 is 1.19. The molecule has 150 valence electrons. The zero-order chi connectivity index (χ0) is 20.8. The molecule has 1 heterocycles. The van der Waals surface area contributed by atoms with Crippen molar-refractivity contribution in [3.8, 4) is 11.4 Å². The molecule has 4 aromatic rings. The minimum atomic E-state index is -0.378. The van der Waals surface area contributed by atoms with Crippen molar-refractivity contribution in [3.63, 3.8) is 0 Å². The zero-order valence-corrected chi connectivity index (χ0v) is 16.8. The summed E-state index contributed by atoms with van der Waals surface area (Å²) in [6.07, 6.45) is 0. The first kappa shape index (κ1) is 19.8. The van der Waals surface area contributed by atoms with E-state index in [-0.39, 0.29) is 23.5 Å². The van der Waals surface area contributed by atoms with Gasteiger partial charge in [0.05, 0.1) is 17.4 Å². The van der Waals surface area contributed by atoms with Crippen LogP contribution in [0.4, 0.5) is 4.39 Å². The van der Waals surface area contributed by atoms with Gasteiger partial charge in [-0.1, -0.05) is 84.6 Å². The number of amides is 1. The standard InChI is InChI=1S/C23H19FN4OS/c24-19-14-8-7-13-18(19)22-26-23(28-27-22)30-15-20(29)25-21(16-9-3-1-4-10-16)17-11-5-2-6-12-17/h1-14,21H,15H2,(H,25,29)(H,26,27,28). The molecule has 1 amide bonds. The van der Waals surface area contributed by atoms with E-state index in [9.17, 15) is 9.18 Å². The number of thioether (sulfide) groups is 1. The second-order valence-corrected chi connectivity index (χ2v) is 7.50. The lowest BCUT2D eigenvalue weighted by Crippen LogP contribution is -2.30. The maximum atomic E-state index is 13.9. The molecule has 3 aromatic carbocycles. The monoisotopic (exact) mass is 418 g/mol. The van der Waals surface area contributed by atoms with Crippen LogP contribution in [-0.4, -0.2) is 26.8 Å². The minimum absolute atomic E-state index is 0.144. The fourth-order valence-electron chi connectivity index (χ4n) is 3.07. The molecule has 0 bridgehead atoms. The Kier molecular flexibility index (Phi) is 6.20. The number of benzene rings is 3. The molecule has 0 spiro atoms. The number of hydrogen-bond donors (Lipinski definition) is 2. The average molecular weight is 418 g/mol. The quantitative estimate of drug-likeness (QED) is 0.430. The Morgan fingerprint density at radius 3 is 2.17 bits per heavy atom. The summed E-state index contributed by atoms with van der Waals surface area (Å²) in [7, 11) is 0. The van der Waals surface area contributed by atoms with E-state index in [0.717, 1.165) is 11.1 Å². The molecule has 0 aliphatic heterocycles. The molecule has 2 N–H and O–H groups in total. The normalized spacial score (nSPS) is 10.9. The number of H-pyrrole nitrogens is 1. The summed E-state index contributed by atoms with van der Waals surface area (Å²) in [5, 5.41) is 10.3. The first-order chi connectivity index (χ1) is 14.7. The third-order valence-electron chi connectivity index (χ3n) is 4.50. The Bertz CT molecular complexity index is 1080. The third kappa shape index (κ3) is 4.75. The van der Waals surface area contributed by atoms with Crippen LogP contribution < -0.4 is 5.32 Å². The van der Waals surface area contributed by atoms with Gasteiger partial charge in [-0.15, -0.1) is 5.10 Å². The number of aromatic nitrogens is 3. The van der Waals surface area contributed by atoms with E-state index in [0.29, 0.717) is 16.5 Å². The van der Waals surface area contributed by atoms with Gasteiger partial charge < -0.3 is 5.32 Å². The highest BCUT2D eigenvalue weighted by Crippen LogP contribution is 2.24. The van der Waals surface area contributed by atoms with Gasteiger partial charge in [0.2, 0.25) is 11.1 Å². The highest BCUT2D eigenvalue weighted by Gasteiger charge is 2.17. The number of nitrogens with zero attached hydrogens (tertiary/aromatic N) is 2. The number of rotatable bonds is 7. The Hall–Kier alpha value is -3.45. The summed E-state index contributed by atoms with van der Waals surface area (Å²) in [5.74, 6) is -0.0426. The van der Waals surface area contributed by atoms with Gasteiger partial charge in [-0.25, -0.2) is 9.37 Å². The first-order valence-electron chi connectivity index (χ1n) is 9.40. The Balaban J connectivity index is 1.43. The lowest BCUT2D eigenvalue weighted by Gasteiger charge is -2.19. The van der Waals surface area contributed by atoms with E-state index in [4.69, 9.17) is 0 Å². The predicted octanol–water partition coefficient (Wildman–Crippen LogP) is 4.61. The van der Waals surface area contributed by atoms with Crippen LogP contribution in [0.1, 0.15) is 17.2 Å². The minimum Gasteiger partial charge on any atom is -0.344 e. The van der Waals surface area contributed by atoms with Crippen molar-refractivity contribution in [3.05, 3.63) is 102 Å². The van der Waals surface area contributed by atoms with Crippen molar-refractivity contribution in [2.45, 2.75) is 11.2 Å². The zero-order valence-electron chi connectivity index (χ0n) is 16.0. The van der Waals surface area contributed by atoms with Crippen molar-refractivity contribution in [1.29, 1.82) is 0 Å². The molecule has 7 heteroatoms. The molecule has 1 aromatic heterocycles. The molecular weight excluding hydrogens is 399 g/mol. The van der Waals surface area contributed by atoms with Crippen molar-refractivity contribution in [2.75, 3.05) is 5.75 Å². The van der Waals surface area contributed by atoms with Crippen LogP contribution >= 0.6 is 11.8 Å². The highest BCUT2D eigenvalue weighted by atomic mass is 32.2. The van der Waals surface area contributed by atoms with E-state index in [1.807, 2.05) is 60.7 Å². The largest absolute Gasteiger partial charge is 0.344 e. The Morgan fingerprint density at radius 1 is 0.933 bits per heavy atom. The predicted molar refractivity (Wildman–Crippen MR) is 115 cm³/mol. The molecule has 0 aliphatic carbocycles. The molecule has 0 fully saturated rings. The SMILES string of the molecule is O=C(CSc1n[nH]c(-c2ccccc2F)n1)NC(c1ccccc1)c1ccccc1. The van der Waals surface area contributed by atoms with Crippen LogP contribution in [-0.2, 0) is 4.79 Å². The highest BCUT2D eigenvalue weighted by molar-refractivity contribution is 7.99. The Morgan fingerprint density at radius 2 is 1.53 bits per heavy atom. The molecule has 5 nitrogen and oxygen atoms in total. The van der Waals surface area contributed by atoms with E-state index >= 15 is 0 Å². The number of carbonyl (C=O) groups excluding carboxylic acids is 1. The van der Waals surface area contributed by atoms with Crippen LogP contribution in [0.3, 0.4) is 0 Å². The van der Waals surface area contributed by atoms with Crippen molar-refractivity contribution >= 4 is 17.7 Å². The summed E-state index contributed by atoms with van der Waals surface area (Å²) in [4.78, 5) is 16.9. The number of carbonyl (C=O) groups is 1. The van der Waals surface area contributed by atoms with Crippen molar-refractivity contribution in [2.24, 2.45) is 0 Å². The van der Waals surface area contributed by atoms with Gasteiger partial charge in [-0.3, -0.25) is 9.89 Å².